The number of nitro groups is 1. The molecule has 9 heteroatoms. The van der Waals surface area contributed by atoms with Crippen LogP contribution in [-0.2, 0) is 5.41 Å². The van der Waals surface area contributed by atoms with E-state index in [1.165, 1.54) is 18.2 Å². The summed E-state index contributed by atoms with van der Waals surface area (Å²) in [5.41, 5.74) is -3.31. The molecule has 0 spiro atoms. The number of nitrogens with zero attached hydrogens (tertiary/aromatic N) is 2. The minimum absolute atomic E-state index is 0.357. The highest BCUT2D eigenvalue weighted by Gasteiger charge is 2.60. The van der Waals surface area contributed by atoms with Crippen LogP contribution < -0.4 is 0 Å². The van der Waals surface area contributed by atoms with E-state index >= 15 is 0 Å². The Kier molecular flexibility index (Phi) is 4.48. The van der Waals surface area contributed by atoms with Gasteiger partial charge in [0.25, 0.3) is 5.89 Å². The molecule has 6 nitrogen and oxygen atoms in total. The first-order valence-electron chi connectivity index (χ1n) is 6.43. The smallest absolute Gasteiger partial charge is 0.405 e. The van der Waals surface area contributed by atoms with Crippen LogP contribution in [-0.4, -0.2) is 28.4 Å². The molecule has 0 N–H and O–H groups in total. The van der Waals surface area contributed by atoms with Gasteiger partial charge in [0.05, 0.1) is 6.20 Å². The minimum atomic E-state index is -5.01. The second-order valence-electron chi connectivity index (χ2n) is 4.87. The maximum Gasteiger partial charge on any atom is 0.405 e. The van der Waals surface area contributed by atoms with E-state index in [0.29, 0.717) is 0 Å². The summed E-state index contributed by atoms with van der Waals surface area (Å²) >= 11 is 0. The Morgan fingerprint density at radius 2 is 1.91 bits per heavy atom. The average Bonchev–Trinajstić information content (AvgIpc) is 3.00. The summed E-state index contributed by atoms with van der Waals surface area (Å²) in [6.07, 6.45) is -4.03. The van der Waals surface area contributed by atoms with Gasteiger partial charge in [-0.1, -0.05) is 30.3 Å². The SMILES string of the molecule is O=C(C[C@@](C[N+](=O)[O-])(c1ccccc1)C(F)(F)F)c1ncco1. The molecule has 1 aromatic carbocycles. The molecule has 0 radical (unpaired) electrons. The highest BCUT2D eigenvalue weighted by atomic mass is 19.4. The molecule has 1 heterocycles. The zero-order chi connectivity index (χ0) is 17.1. The molecule has 2 rings (SSSR count). The summed E-state index contributed by atoms with van der Waals surface area (Å²) in [7, 11) is 0. The lowest BCUT2D eigenvalue weighted by atomic mass is 9.75. The summed E-state index contributed by atoms with van der Waals surface area (Å²) in [6, 6.07) is 6.35. The number of alkyl halides is 3. The van der Waals surface area contributed by atoms with Gasteiger partial charge in [0.2, 0.25) is 12.3 Å². The predicted octanol–water partition coefficient (Wildman–Crippen LogP) is 3.02. The van der Waals surface area contributed by atoms with Gasteiger partial charge in [-0.25, -0.2) is 4.98 Å². The largest absolute Gasteiger partial charge is 0.442 e. The van der Waals surface area contributed by atoms with Crippen molar-refractivity contribution in [2.45, 2.75) is 18.0 Å². The molecule has 1 atom stereocenters. The molecular formula is C14H11F3N2O4. The van der Waals surface area contributed by atoms with Crippen LogP contribution in [0, 0.1) is 10.1 Å². The van der Waals surface area contributed by atoms with Crippen LogP contribution in [0.25, 0.3) is 0 Å². The summed E-state index contributed by atoms with van der Waals surface area (Å²) < 4.78 is 45.8. The highest BCUT2D eigenvalue weighted by Crippen LogP contribution is 2.44. The molecule has 0 amide bonds. The lowest BCUT2D eigenvalue weighted by Crippen LogP contribution is -2.49. The maximum absolute atomic E-state index is 13.7. The second kappa shape index (κ2) is 6.19. The number of aromatic nitrogens is 1. The van der Waals surface area contributed by atoms with Crippen molar-refractivity contribution in [1.29, 1.82) is 0 Å². The fourth-order valence-electron chi connectivity index (χ4n) is 2.29. The number of hydrogen-bond acceptors (Lipinski definition) is 5. The fourth-order valence-corrected chi connectivity index (χ4v) is 2.29. The van der Waals surface area contributed by atoms with E-state index in [1.807, 2.05) is 0 Å². The monoisotopic (exact) mass is 328 g/mol. The van der Waals surface area contributed by atoms with Gasteiger partial charge in [0, 0.05) is 11.3 Å². The van der Waals surface area contributed by atoms with Crippen molar-refractivity contribution >= 4 is 5.78 Å². The minimum Gasteiger partial charge on any atom is -0.442 e. The van der Waals surface area contributed by atoms with Gasteiger partial charge in [-0.05, 0) is 5.56 Å². The van der Waals surface area contributed by atoms with Gasteiger partial charge in [0.1, 0.15) is 6.26 Å². The lowest BCUT2D eigenvalue weighted by molar-refractivity contribution is -0.501. The first kappa shape index (κ1) is 16.7. The average molecular weight is 328 g/mol. The Bertz CT molecular complexity index is 686. The van der Waals surface area contributed by atoms with Gasteiger partial charge in [-0.2, -0.15) is 13.2 Å². The van der Waals surface area contributed by atoms with Crippen molar-refractivity contribution in [2.24, 2.45) is 0 Å². The molecule has 122 valence electrons. The first-order chi connectivity index (χ1) is 10.8. The molecule has 2 aromatic rings. The standard InChI is InChI=1S/C14H11F3N2O4/c15-14(16,17)13(9-19(21)22,10-4-2-1-3-5-10)8-11(20)12-18-6-7-23-12/h1-7H,8-9H2/t13-/m1/s1. The number of oxazole rings is 1. The van der Waals surface area contributed by atoms with Crippen molar-refractivity contribution < 1.29 is 27.3 Å². The number of Topliss-reactive ketones (excluding diaryl/α,β-unsaturated/α-hetero) is 1. The van der Waals surface area contributed by atoms with E-state index in [-0.39, 0.29) is 5.56 Å². The second-order valence-corrected chi connectivity index (χ2v) is 4.87. The highest BCUT2D eigenvalue weighted by molar-refractivity contribution is 5.92. The molecule has 0 aliphatic rings. The molecule has 0 aliphatic heterocycles. The van der Waals surface area contributed by atoms with Crippen LogP contribution in [0.2, 0.25) is 0 Å². The van der Waals surface area contributed by atoms with Crippen LogP contribution in [0.5, 0.6) is 0 Å². The summed E-state index contributed by atoms with van der Waals surface area (Å²) in [4.78, 5) is 25.3. The van der Waals surface area contributed by atoms with Gasteiger partial charge >= 0.3 is 6.18 Å². The van der Waals surface area contributed by atoms with Crippen LogP contribution in [0.15, 0.2) is 47.2 Å². The maximum atomic E-state index is 13.7. The number of carbonyl (C=O) groups excluding carboxylic acids is 1. The molecule has 0 unspecified atom stereocenters. The zero-order valence-corrected chi connectivity index (χ0v) is 11.6. The van der Waals surface area contributed by atoms with Crippen molar-refractivity contribution in [3.05, 3.63) is 64.4 Å². The van der Waals surface area contributed by atoms with E-state index in [1.54, 1.807) is 0 Å². The lowest BCUT2D eigenvalue weighted by Gasteiger charge is -2.31. The van der Waals surface area contributed by atoms with Crippen molar-refractivity contribution in [2.75, 3.05) is 6.54 Å². The van der Waals surface area contributed by atoms with Crippen LogP contribution in [0.3, 0.4) is 0 Å². The number of rotatable bonds is 6. The van der Waals surface area contributed by atoms with E-state index in [2.05, 4.69) is 4.98 Å². The van der Waals surface area contributed by atoms with Crippen LogP contribution >= 0.6 is 0 Å². The quantitative estimate of drug-likeness (QED) is 0.462. The molecule has 0 fully saturated rings. The Morgan fingerprint density at radius 1 is 1.26 bits per heavy atom. The Balaban J connectivity index is 2.53. The Morgan fingerprint density at radius 3 is 2.39 bits per heavy atom. The van der Waals surface area contributed by atoms with Crippen LogP contribution in [0.4, 0.5) is 13.2 Å². The van der Waals surface area contributed by atoms with E-state index in [9.17, 15) is 28.1 Å². The summed E-state index contributed by atoms with van der Waals surface area (Å²) in [5.74, 6) is -1.57. The summed E-state index contributed by atoms with van der Waals surface area (Å²) in [6.45, 7) is -1.47. The number of carbonyl (C=O) groups is 1. The molecule has 0 saturated carbocycles. The summed E-state index contributed by atoms with van der Waals surface area (Å²) in [5, 5.41) is 10.9. The van der Waals surface area contributed by atoms with E-state index < -0.39 is 41.2 Å². The molecule has 0 aliphatic carbocycles. The topological polar surface area (TPSA) is 86.2 Å². The first-order valence-corrected chi connectivity index (χ1v) is 6.43. The fraction of sp³-hybridized carbons (Fsp3) is 0.286. The van der Waals surface area contributed by atoms with Crippen molar-refractivity contribution in [3.63, 3.8) is 0 Å². The molecule has 0 saturated heterocycles. The van der Waals surface area contributed by atoms with Gasteiger partial charge < -0.3 is 4.42 Å². The number of hydrogen-bond donors (Lipinski definition) is 0. The third-order valence-electron chi connectivity index (χ3n) is 3.40. The van der Waals surface area contributed by atoms with Gasteiger partial charge in [-0.15, -0.1) is 0 Å². The number of ketones is 1. The molecule has 23 heavy (non-hydrogen) atoms. The van der Waals surface area contributed by atoms with Crippen molar-refractivity contribution in [3.8, 4) is 0 Å². The van der Waals surface area contributed by atoms with Gasteiger partial charge in [0.15, 0.2) is 5.41 Å². The third kappa shape index (κ3) is 3.38. The Hall–Kier alpha value is -2.71. The molecule has 1 aromatic heterocycles. The predicted molar refractivity (Wildman–Crippen MR) is 71.5 cm³/mol. The van der Waals surface area contributed by atoms with Crippen LogP contribution in [0.1, 0.15) is 22.7 Å². The third-order valence-corrected chi connectivity index (χ3v) is 3.40. The molecular weight excluding hydrogens is 317 g/mol. The number of halogens is 3. The van der Waals surface area contributed by atoms with E-state index in [0.717, 1.165) is 24.6 Å². The normalized spacial score (nSPS) is 14.2. The van der Waals surface area contributed by atoms with Crippen molar-refractivity contribution in [1.82, 2.24) is 4.98 Å². The Labute approximate surface area is 128 Å². The zero-order valence-electron chi connectivity index (χ0n) is 11.6. The molecule has 0 bridgehead atoms. The van der Waals surface area contributed by atoms with E-state index in [4.69, 9.17) is 4.42 Å². The van der Waals surface area contributed by atoms with Gasteiger partial charge in [-0.3, -0.25) is 14.9 Å². The number of benzene rings is 1.